The molecule has 1 fully saturated rings. The number of fused-ring (bicyclic) bond motifs is 1. The van der Waals surface area contributed by atoms with Crippen LogP contribution < -0.4 is 5.56 Å². The number of hydrogen-bond acceptors (Lipinski definition) is 5. The van der Waals surface area contributed by atoms with Crippen LogP contribution in [0.4, 0.5) is 0 Å². The highest BCUT2D eigenvalue weighted by molar-refractivity contribution is 7.89. The van der Waals surface area contributed by atoms with E-state index in [-0.39, 0.29) is 5.56 Å². The highest BCUT2D eigenvalue weighted by Gasteiger charge is 2.29. The Kier molecular flexibility index (Phi) is 5.35. The molecule has 1 aromatic carbocycles. The molecule has 0 bridgehead atoms. The Morgan fingerprint density at radius 1 is 0.966 bits per heavy atom. The van der Waals surface area contributed by atoms with Crippen LogP contribution in [0.5, 0.6) is 0 Å². The molecule has 1 saturated heterocycles. The molecule has 1 aliphatic heterocycles. The number of sulfonamides is 1. The van der Waals surface area contributed by atoms with E-state index < -0.39 is 10.0 Å². The number of hydrogen-bond donors (Lipinski definition) is 0. The molecule has 7 nitrogen and oxygen atoms in total. The molecule has 2 aromatic rings. The van der Waals surface area contributed by atoms with Crippen molar-refractivity contribution < 1.29 is 8.42 Å². The van der Waals surface area contributed by atoms with Gasteiger partial charge in [0.2, 0.25) is 10.0 Å². The third kappa shape index (κ3) is 3.65. The fourth-order valence-corrected chi connectivity index (χ4v) is 5.95. The van der Waals surface area contributed by atoms with Crippen LogP contribution in [-0.2, 0) is 29.9 Å². The van der Waals surface area contributed by atoms with Crippen LogP contribution in [0.15, 0.2) is 27.9 Å². The van der Waals surface area contributed by atoms with E-state index in [0.717, 1.165) is 66.7 Å². The highest BCUT2D eigenvalue weighted by Crippen LogP contribution is 2.31. The highest BCUT2D eigenvalue weighted by atomic mass is 32.2. The zero-order valence-corrected chi connectivity index (χ0v) is 18.1. The van der Waals surface area contributed by atoms with Crippen molar-refractivity contribution in [3.05, 3.63) is 45.2 Å². The molecule has 0 saturated carbocycles. The number of nitrogens with zero attached hydrogens (tertiary/aromatic N) is 4. The fourth-order valence-electron chi connectivity index (χ4n) is 4.28. The minimum absolute atomic E-state index is 0.0409. The van der Waals surface area contributed by atoms with E-state index in [1.807, 2.05) is 26.1 Å². The van der Waals surface area contributed by atoms with E-state index in [0.29, 0.717) is 18.0 Å². The second-order valence-electron chi connectivity index (χ2n) is 8.13. The summed E-state index contributed by atoms with van der Waals surface area (Å²) in [5, 5.41) is 4.52. The van der Waals surface area contributed by atoms with Gasteiger partial charge in [0, 0.05) is 44.4 Å². The normalized spacial score (nSPS) is 18.6. The molecule has 0 atom stereocenters. The molecule has 0 unspecified atom stereocenters. The maximum Gasteiger partial charge on any atom is 0.269 e. The van der Waals surface area contributed by atoms with E-state index in [9.17, 15) is 13.2 Å². The Bertz CT molecular complexity index is 1100. The number of likely N-dealkylation sites (N-methyl/N-ethyl adjacent to an activating group) is 1. The van der Waals surface area contributed by atoms with Crippen molar-refractivity contribution in [2.24, 2.45) is 7.05 Å². The van der Waals surface area contributed by atoms with Crippen LogP contribution in [-0.4, -0.2) is 60.6 Å². The van der Waals surface area contributed by atoms with E-state index in [1.54, 1.807) is 17.4 Å². The summed E-state index contributed by atoms with van der Waals surface area (Å²) in [4.78, 5) is 15.0. The van der Waals surface area contributed by atoms with E-state index >= 15 is 0 Å². The van der Waals surface area contributed by atoms with Crippen LogP contribution in [0, 0.1) is 6.92 Å². The Labute approximate surface area is 172 Å². The van der Waals surface area contributed by atoms with Crippen molar-refractivity contribution in [3.8, 4) is 11.3 Å². The third-order valence-corrected chi connectivity index (χ3v) is 8.14. The van der Waals surface area contributed by atoms with Crippen molar-refractivity contribution in [1.29, 1.82) is 0 Å². The summed E-state index contributed by atoms with van der Waals surface area (Å²) >= 11 is 0. The van der Waals surface area contributed by atoms with Crippen molar-refractivity contribution in [1.82, 2.24) is 19.0 Å². The van der Waals surface area contributed by atoms with Crippen LogP contribution in [0.2, 0.25) is 0 Å². The quantitative estimate of drug-likeness (QED) is 0.759. The number of rotatable bonds is 3. The summed E-state index contributed by atoms with van der Waals surface area (Å²) in [6.07, 6.45) is 3.59. The minimum Gasteiger partial charge on any atom is -0.304 e. The molecule has 0 radical (unpaired) electrons. The van der Waals surface area contributed by atoms with Crippen LogP contribution in [0.25, 0.3) is 11.3 Å². The second-order valence-corrected chi connectivity index (χ2v) is 10.0. The van der Waals surface area contributed by atoms with Crippen LogP contribution >= 0.6 is 0 Å². The van der Waals surface area contributed by atoms with Gasteiger partial charge in [-0.2, -0.15) is 9.40 Å². The lowest BCUT2D eigenvalue weighted by molar-refractivity contribution is 0.222. The first kappa shape index (κ1) is 20.3. The van der Waals surface area contributed by atoms with Gasteiger partial charge in [0.25, 0.3) is 5.56 Å². The Hall–Kier alpha value is -2.03. The summed E-state index contributed by atoms with van der Waals surface area (Å²) in [5.74, 6) is 0. The molecular weight excluding hydrogens is 388 g/mol. The molecule has 2 heterocycles. The third-order valence-electron chi connectivity index (χ3n) is 6.10. The van der Waals surface area contributed by atoms with Gasteiger partial charge in [0.15, 0.2) is 0 Å². The van der Waals surface area contributed by atoms with E-state index in [1.165, 1.54) is 4.68 Å². The zero-order valence-electron chi connectivity index (χ0n) is 17.3. The first-order chi connectivity index (χ1) is 13.8. The van der Waals surface area contributed by atoms with E-state index in [4.69, 9.17) is 0 Å². The number of aromatic nitrogens is 2. The van der Waals surface area contributed by atoms with Gasteiger partial charge in [-0.1, -0.05) is 12.1 Å². The maximum absolute atomic E-state index is 13.3. The molecule has 0 spiro atoms. The standard InChI is InChI=1S/C21H28N4O3S/c1-15-8-9-16(14-19(15)29(27,28)25-12-10-23(2)11-13-25)20-17-6-4-5-7-18(17)21(26)24(3)22-20/h8-9,14H,4-7,10-13H2,1-3H3. The minimum atomic E-state index is -3.58. The lowest BCUT2D eigenvalue weighted by Gasteiger charge is -2.32. The summed E-state index contributed by atoms with van der Waals surface area (Å²) in [6, 6.07) is 5.50. The van der Waals surface area contributed by atoms with Crippen LogP contribution in [0.3, 0.4) is 0 Å². The lowest BCUT2D eigenvalue weighted by atomic mass is 9.89. The SMILES string of the molecule is Cc1ccc(-c2nn(C)c(=O)c3c2CCCC3)cc1S(=O)(=O)N1CCN(C)CC1. The molecule has 0 N–H and O–H groups in total. The Morgan fingerprint density at radius 2 is 1.62 bits per heavy atom. The van der Waals surface area contributed by atoms with Crippen molar-refractivity contribution in [2.75, 3.05) is 33.2 Å². The molecule has 4 rings (SSSR count). The number of benzene rings is 1. The maximum atomic E-state index is 13.3. The average Bonchev–Trinajstić information content (AvgIpc) is 2.71. The zero-order chi connectivity index (χ0) is 20.8. The molecule has 1 aliphatic carbocycles. The van der Waals surface area contributed by atoms with Gasteiger partial charge in [0.05, 0.1) is 10.6 Å². The smallest absolute Gasteiger partial charge is 0.269 e. The fraction of sp³-hybridized carbons (Fsp3) is 0.524. The Morgan fingerprint density at radius 3 is 2.31 bits per heavy atom. The summed E-state index contributed by atoms with van der Waals surface area (Å²) in [7, 11) is 0.0919. The monoisotopic (exact) mass is 416 g/mol. The number of aryl methyl sites for hydroxylation is 2. The van der Waals surface area contributed by atoms with Crippen molar-refractivity contribution in [3.63, 3.8) is 0 Å². The predicted octanol–water partition coefficient (Wildman–Crippen LogP) is 1.57. The first-order valence-electron chi connectivity index (χ1n) is 10.2. The van der Waals surface area contributed by atoms with Gasteiger partial charge in [-0.3, -0.25) is 4.79 Å². The molecule has 2 aliphatic rings. The van der Waals surface area contributed by atoms with Crippen molar-refractivity contribution >= 4 is 10.0 Å². The summed E-state index contributed by atoms with van der Waals surface area (Å²) < 4.78 is 29.6. The summed E-state index contributed by atoms with van der Waals surface area (Å²) in [6.45, 7) is 4.28. The van der Waals surface area contributed by atoms with Gasteiger partial charge in [-0.05, 0) is 56.8 Å². The summed E-state index contributed by atoms with van der Waals surface area (Å²) in [5.41, 5.74) is 3.99. The first-order valence-corrected chi connectivity index (χ1v) is 11.6. The topological polar surface area (TPSA) is 75.5 Å². The van der Waals surface area contributed by atoms with Gasteiger partial charge < -0.3 is 4.90 Å². The molecule has 1 aromatic heterocycles. The van der Waals surface area contributed by atoms with Crippen LogP contribution in [0.1, 0.15) is 29.5 Å². The van der Waals surface area contributed by atoms with Crippen molar-refractivity contribution in [2.45, 2.75) is 37.5 Å². The predicted molar refractivity (Wildman–Crippen MR) is 113 cm³/mol. The molecule has 29 heavy (non-hydrogen) atoms. The largest absolute Gasteiger partial charge is 0.304 e. The average molecular weight is 417 g/mol. The number of piperazine rings is 1. The molecule has 156 valence electrons. The molecular formula is C21H28N4O3S. The van der Waals surface area contributed by atoms with Gasteiger partial charge in [-0.25, -0.2) is 13.1 Å². The van der Waals surface area contributed by atoms with Gasteiger partial charge in [-0.15, -0.1) is 0 Å². The van der Waals surface area contributed by atoms with E-state index in [2.05, 4.69) is 10.00 Å². The lowest BCUT2D eigenvalue weighted by Crippen LogP contribution is -2.47. The molecule has 0 amide bonds. The molecule has 8 heteroatoms. The van der Waals surface area contributed by atoms with Gasteiger partial charge in [0.1, 0.15) is 0 Å². The second kappa shape index (κ2) is 7.66. The van der Waals surface area contributed by atoms with Gasteiger partial charge >= 0.3 is 0 Å². The Balaban J connectivity index is 1.81.